The maximum atomic E-state index is 11.6. The van der Waals surface area contributed by atoms with E-state index in [1.54, 1.807) is 25.6 Å². The number of aromatic nitrogens is 2. The van der Waals surface area contributed by atoms with Crippen molar-refractivity contribution in [1.82, 2.24) is 9.78 Å². The average Bonchev–Trinajstić information content (AvgIpc) is 2.42. The van der Waals surface area contributed by atoms with Crippen LogP contribution in [0.2, 0.25) is 0 Å². The Morgan fingerprint density at radius 2 is 2.06 bits per heavy atom. The van der Waals surface area contributed by atoms with Crippen LogP contribution < -0.4 is 4.72 Å². The Hall–Kier alpha value is -1.57. The number of hydrogen-bond donors (Lipinski definition) is 2. The summed E-state index contributed by atoms with van der Waals surface area (Å²) in [6.45, 7) is 3.41. The Kier molecular flexibility index (Phi) is 3.76. The van der Waals surface area contributed by atoms with Gasteiger partial charge in [0.05, 0.1) is 29.2 Å². The molecular weight excluding hydrogens is 246 g/mol. The van der Waals surface area contributed by atoms with E-state index in [2.05, 4.69) is 9.82 Å². The fourth-order valence-electron chi connectivity index (χ4n) is 1.35. The predicted octanol–water partition coefficient (Wildman–Crippen LogP) is 0.253. The van der Waals surface area contributed by atoms with E-state index in [1.807, 2.05) is 0 Å². The number of hydrogen-bond acceptors (Lipinski definition) is 4. The molecule has 0 spiro atoms. The summed E-state index contributed by atoms with van der Waals surface area (Å²) in [6.07, 6.45) is -0.423. The summed E-state index contributed by atoms with van der Waals surface area (Å²) >= 11 is 0. The number of carboxylic acids is 1. The number of rotatable bonds is 5. The highest BCUT2D eigenvalue weighted by molar-refractivity contribution is 7.92. The van der Waals surface area contributed by atoms with Crippen molar-refractivity contribution in [3.63, 3.8) is 0 Å². The van der Waals surface area contributed by atoms with Gasteiger partial charge in [-0.2, -0.15) is 5.10 Å². The van der Waals surface area contributed by atoms with Gasteiger partial charge < -0.3 is 5.11 Å². The third-order valence-corrected chi connectivity index (χ3v) is 3.61. The number of aryl methyl sites for hydroxylation is 2. The lowest BCUT2D eigenvalue weighted by Gasteiger charge is -2.07. The number of nitrogens with zero attached hydrogens (tertiary/aromatic N) is 2. The first-order valence-corrected chi connectivity index (χ1v) is 6.60. The Morgan fingerprint density at radius 1 is 1.47 bits per heavy atom. The second-order valence-corrected chi connectivity index (χ2v) is 5.58. The molecule has 0 radical (unpaired) electrons. The number of carbonyl (C=O) groups is 1. The van der Waals surface area contributed by atoms with Gasteiger partial charge in [0.15, 0.2) is 0 Å². The van der Waals surface area contributed by atoms with E-state index < -0.39 is 28.2 Å². The quantitative estimate of drug-likeness (QED) is 0.791. The Labute approximate surface area is 99.5 Å². The van der Waals surface area contributed by atoms with Gasteiger partial charge in [0.25, 0.3) is 0 Å². The highest BCUT2D eigenvalue weighted by atomic mass is 32.2. The average molecular weight is 261 g/mol. The zero-order valence-corrected chi connectivity index (χ0v) is 10.7. The van der Waals surface area contributed by atoms with Gasteiger partial charge in [0.1, 0.15) is 0 Å². The SMILES string of the molecule is Cc1nn(C)c(C)c1NS(=O)(=O)CCC(=O)O. The van der Waals surface area contributed by atoms with Crippen LogP contribution in [0.3, 0.4) is 0 Å². The van der Waals surface area contributed by atoms with Gasteiger partial charge in [-0.1, -0.05) is 0 Å². The molecule has 0 amide bonds. The minimum atomic E-state index is -3.65. The molecule has 0 unspecified atom stereocenters. The molecule has 1 heterocycles. The van der Waals surface area contributed by atoms with Gasteiger partial charge in [-0.25, -0.2) is 8.42 Å². The van der Waals surface area contributed by atoms with E-state index in [9.17, 15) is 13.2 Å². The van der Waals surface area contributed by atoms with E-state index in [0.29, 0.717) is 17.1 Å². The Morgan fingerprint density at radius 3 is 2.47 bits per heavy atom. The highest BCUT2D eigenvalue weighted by Gasteiger charge is 2.17. The van der Waals surface area contributed by atoms with Crippen LogP contribution in [-0.2, 0) is 21.9 Å². The van der Waals surface area contributed by atoms with Gasteiger partial charge in [-0.15, -0.1) is 0 Å². The van der Waals surface area contributed by atoms with E-state index in [4.69, 9.17) is 5.11 Å². The van der Waals surface area contributed by atoms with Crippen LogP contribution in [0.4, 0.5) is 5.69 Å². The number of anilines is 1. The Bertz CT molecular complexity index is 533. The van der Waals surface area contributed by atoms with Gasteiger partial charge in [-0.3, -0.25) is 14.2 Å². The van der Waals surface area contributed by atoms with Crippen LogP contribution in [-0.4, -0.2) is 35.0 Å². The van der Waals surface area contributed by atoms with Crippen molar-refractivity contribution >= 4 is 21.7 Å². The number of aliphatic carboxylic acids is 1. The van der Waals surface area contributed by atoms with Crippen LogP contribution in [0.5, 0.6) is 0 Å². The van der Waals surface area contributed by atoms with Crippen LogP contribution in [0, 0.1) is 13.8 Å². The van der Waals surface area contributed by atoms with Crippen LogP contribution in [0.25, 0.3) is 0 Å². The van der Waals surface area contributed by atoms with Crippen molar-refractivity contribution in [2.24, 2.45) is 7.05 Å². The first-order chi connectivity index (χ1) is 7.73. The van der Waals surface area contributed by atoms with Crippen molar-refractivity contribution < 1.29 is 18.3 Å². The molecule has 96 valence electrons. The second-order valence-electron chi connectivity index (χ2n) is 3.73. The largest absolute Gasteiger partial charge is 0.481 e. The van der Waals surface area contributed by atoms with E-state index in [-0.39, 0.29) is 0 Å². The molecule has 7 nitrogen and oxygen atoms in total. The summed E-state index contributed by atoms with van der Waals surface area (Å²) in [5.41, 5.74) is 1.66. The number of sulfonamides is 1. The molecule has 0 aliphatic carbocycles. The fourth-order valence-corrected chi connectivity index (χ4v) is 2.50. The molecule has 1 aromatic heterocycles. The molecule has 0 aromatic carbocycles. The molecule has 17 heavy (non-hydrogen) atoms. The molecule has 1 aromatic rings. The van der Waals surface area contributed by atoms with Crippen molar-refractivity contribution in [2.45, 2.75) is 20.3 Å². The normalized spacial score (nSPS) is 11.5. The predicted molar refractivity (Wildman–Crippen MR) is 62.3 cm³/mol. The van der Waals surface area contributed by atoms with Crippen LogP contribution in [0.15, 0.2) is 0 Å². The van der Waals surface area contributed by atoms with Gasteiger partial charge >= 0.3 is 5.97 Å². The molecule has 0 saturated heterocycles. The molecule has 1 rings (SSSR count). The maximum Gasteiger partial charge on any atom is 0.304 e. The fraction of sp³-hybridized carbons (Fsp3) is 0.556. The lowest BCUT2D eigenvalue weighted by atomic mass is 10.3. The Balaban J connectivity index is 2.87. The van der Waals surface area contributed by atoms with Crippen molar-refractivity contribution in [2.75, 3.05) is 10.5 Å². The van der Waals surface area contributed by atoms with Crippen molar-refractivity contribution in [3.8, 4) is 0 Å². The monoisotopic (exact) mass is 261 g/mol. The minimum absolute atomic E-state index is 0.415. The summed E-state index contributed by atoms with van der Waals surface area (Å²) in [7, 11) is -1.94. The van der Waals surface area contributed by atoms with Crippen molar-refractivity contribution in [1.29, 1.82) is 0 Å². The highest BCUT2D eigenvalue weighted by Crippen LogP contribution is 2.19. The maximum absolute atomic E-state index is 11.6. The van der Waals surface area contributed by atoms with Crippen molar-refractivity contribution in [3.05, 3.63) is 11.4 Å². The van der Waals surface area contributed by atoms with E-state index >= 15 is 0 Å². The van der Waals surface area contributed by atoms with Gasteiger partial charge in [0, 0.05) is 7.05 Å². The lowest BCUT2D eigenvalue weighted by molar-refractivity contribution is -0.136. The summed E-state index contributed by atoms with van der Waals surface area (Å²) in [5.74, 6) is -1.59. The summed E-state index contributed by atoms with van der Waals surface area (Å²) in [5, 5.41) is 12.5. The molecule has 0 bridgehead atoms. The van der Waals surface area contributed by atoms with Gasteiger partial charge in [0.2, 0.25) is 10.0 Å². The molecule has 0 fully saturated rings. The zero-order valence-electron chi connectivity index (χ0n) is 9.89. The molecule has 0 aliphatic heterocycles. The number of carboxylic acid groups (broad SMARTS) is 1. The van der Waals surface area contributed by atoms with Crippen LogP contribution in [0.1, 0.15) is 17.8 Å². The summed E-state index contributed by atoms with van der Waals surface area (Å²) in [6, 6.07) is 0. The third-order valence-electron chi connectivity index (χ3n) is 2.35. The zero-order chi connectivity index (χ0) is 13.2. The summed E-state index contributed by atoms with van der Waals surface area (Å²) < 4.78 is 27.1. The number of nitrogens with one attached hydrogen (secondary N) is 1. The standard InChI is InChI=1S/C9H15N3O4S/c1-6-9(7(2)12(3)10-6)11-17(15,16)5-4-8(13)14/h11H,4-5H2,1-3H3,(H,13,14). The van der Waals surface area contributed by atoms with Gasteiger partial charge in [-0.05, 0) is 13.8 Å². The molecule has 0 aliphatic rings. The molecule has 2 N–H and O–H groups in total. The van der Waals surface area contributed by atoms with E-state index in [1.165, 1.54) is 0 Å². The smallest absolute Gasteiger partial charge is 0.304 e. The topological polar surface area (TPSA) is 101 Å². The minimum Gasteiger partial charge on any atom is -0.481 e. The molecule has 8 heteroatoms. The first-order valence-electron chi connectivity index (χ1n) is 4.95. The molecule has 0 atom stereocenters. The molecule has 0 saturated carbocycles. The first kappa shape index (κ1) is 13.5. The van der Waals surface area contributed by atoms with E-state index in [0.717, 1.165) is 0 Å². The third kappa shape index (κ3) is 3.45. The summed E-state index contributed by atoms with van der Waals surface area (Å²) in [4.78, 5) is 10.3. The molecular formula is C9H15N3O4S. The van der Waals surface area contributed by atoms with Crippen LogP contribution >= 0.6 is 0 Å². The second kappa shape index (κ2) is 4.74. The lowest BCUT2D eigenvalue weighted by Crippen LogP contribution is -2.19.